The van der Waals surface area contributed by atoms with Gasteiger partial charge in [0.2, 0.25) is 5.91 Å². The molecule has 3 N–H and O–H groups in total. The second kappa shape index (κ2) is 6.18. The van der Waals surface area contributed by atoms with Gasteiger partial charge in [-0.2, -0.15) is 0 Å². The van der Waals surface area contributed by atoms with Crippen molar-refractivity contribution in [1.29, 1.82) is 0 Å². The Balaban J connectivity index is 2.38. The van der Waals surface area contributed by atoms with Gasteiger partial charge >= 0.3 is 0 Å². The van der Waals surface area contributed by atoms with Crippen molar-refractivity contribution in [2.24, 2.45) is 11.7 Å². The van der Waals surface area contributed by atoms with Crippen LogP contribution in [0, 0.1) is 5.92 Å². The molecule has 5 heteroatoms. The number of aliphatic hydroxyl groups excluding tert-OH is 1. The Morgan fingerprint density at radius 3 is 2.94 bits per heavy atom. The Hall–Kier alpha value is -0.650. The summed E-state index contributed by atoms with van der Waals surface area (Å²) in [7, 11) is 3.86. The molecule has 1 fully saturated rings. The third-order valence-corrected chi connectivity index (χ3v) is 3.14. The molecule has 0 bridgehead atoms. The van der Waals surface area contributed by atoms with Gasteiger partial charge in [0.15, 0.2) is 0 Å². The zero-order valence-corrected chi connectivity index (χ0v) is 10.2. The van der Waals surface area contributed by atoms with E-state index in [1.54, 1.807) is 11.9 Å². The Kier molecular flexibility index (Phi) is 5.18. The van der Waals surface area contributed by atoms with E-state index in [1.807, 2.05) is 0 Å². The summed E-state index contributed by atoms with van der Waals surface area (Å²) in [6, 6.07) is -0.772. The number of nitrogens with zero attached hydrogens (tertiary/aromatic N) is 2. The largest absolute Gasteiger partial charge is 0.394 e. The summed E-state index contributed by atoms with van der Waals surface area (Å²) >= 11 is 0. The molecule has 0 aromatic carbocycles. The van der Waals surface area contributed by atoms with Crippen LogP contribution in [-0.2, 0) is 4.79 Å². The molecule has 1 heterocycles. The summed E-state index contributed by atoms with van der Waals surface area (Å²) in [6.07, 6.45) is 2.35. The van der Waals surface area contributed by atoms with Crippen molar-refractivity contribution in [1.82, 2.24) is 9.80 Å². The second-order valence-electron chi connectivity index (χ2n) is 4.78. The molecular formula is C11H23N3O2. The highest BCUT2D eigenvalue weighted by atomic mass is 16.3. The summed E-state index contributed by atoms with van der Waals surface area (Å²) < 4.78 is 0. The predicted molar refractivity (Wildman–Crippen MR) is 62.9 cm³/mol. The third-order valence-electron chi connectivity index (χ3n) is 3.14. The molecule has 16 heavy (non-hydrogen) atoms. The van der Waals surface area contributed by atoms with Crippen LogP contribution in [0.1, 0.15) is 12.8 Å². The molecule has 0 spiro atoms. The van der Waals surface area contributed by atoms with Gasteiger partial charge in [-0.25, -0.2) is 0 Å². The number of hydrogen-bond acceptors (Lipinski definition) is 4. The Morgan fingerprint density at radius 2 is 2.38 bits per heavy atom. The second-order valence-corrected chi connectivity index (χ2v) is 4.78. The lowest BCUT2D eigenvalue weighted by Crippen LogP contribution is -2.47. The average Bonchev–Trinajstić information content (AvgIpc) is 2.27. The van der Waals surface area contributed by atoms with E-state index in [9.17, 15) is 4.79 Å². The minimum atomic E-state index is -0.772. The van der Waals surface area contributed by atoms with Crippen molar-refractivity contribution in [2.75, 3.05) is 40.3 Å². The van der Waals surface area contributed by atoms with Gasteiger partial charge in [0, 0.05) is 20.1 Å². The van der Waals surface area contributed by atoms with Crippen molar-refractivity contribution in [3.05, 3.63) is 0 Å². The fourth-order valence-electron chi connectivity index (χ4n) is 2.26. The van der Waals surface area contributed by atoms with E-state index >= 15 is 0 Å². The first-order valence-corrected chi connectivity index (χ1v) is 5.84. The number of likely N-dealkylation sites (tertiary alicyclic amines) is 1. The number of aliphatic hydroxyl groups is 1. The van der Waals surface area contributed by atoms with E-state index in [4.69, 9.17) is 10.8 Å². The van der Waals surface area contributed by atoms with Gasteiger partial charge < -0.3 is 20.6 Å². The molecular weight excluding hydrogens is 206 g/mol. The highest BCUT2D eigenvalue weighted by Crippen LogP contribution is 2.15. The Morgan fingerprint density at radius 1 is 1.69 bits per heavy atom. The number of carbonyl (C=O) groups is 1. The maximum Gasteiger partial charge on any atom is 0.241 e. The van der Waals surface area contributed by atoms with Crippen molar-refractivity contribution in [2.45, 2.75) is 18.9 Å². The molecule has 1 saturated heterocycles. The molecule has 2 unspecified atom stereocenters. The van der Waals surface area contributed by atoms with Gasteiger partial charge in [0.25, 0.3) is 0 Å². The Bertz CT molecular complexity index is 235. The quantitative estimate of drug-likeness (QED) is 0.656. The molecule has 5 nitrogen and oxygen atoms in total. The first kappa shape index (κ1) is 13.4. The summed E-state index contributed by atoms with van der Waals surface area (Å²) in [5.74, 6) is 0.356. The topological polar surface area (TPSA) is 69.8 Å². The molecule has 94 valence electrons. The number of carbonyl (C=O) groups excluding carboxylic acids is 1. The highest BCUT2D eigenvalue weighted by molar-refractivity contribution is 5.81. The van der Waals surface area contributed by atoms with Gasteiger partial charge in [0.05, 0.1) is 6.61 Å². The lowest BCUT2D eigenvalue weighted by Gasteiger charge is -2.32. The van der Waals surface area contributed by atoms with Crippen molar-refractivity contribution < 1.29 is 9.90 Å². The fraction of sp³-hybridized carbons (Fsp3) is 0.909. The van der Waals surface area contributed by atoms with E-state index in [1.165, 1.54) is 6.42 Å². The van der Waals surface area contributed by atoms with Crippen LogP contribution in [-0.4, -0.2) is 67.2 Å². The number of piperidine rings is 1. The zero-order valence-electron chi connectivity index (χ0n) is 10.2. The third kappa shape index (κ3) is 3.73. The van der Waals surface area contributed by atoms with Crippen LogP contribution in [0.25, 0.3) is 0 Å². The molecule has 2 atom stereocenters. The lowest BCUT2D eigenvalue weighted by atomic mass is 9.98. The summed E-state index contributed by atoms with van der Waals surface area (Å²) in [4.78, 5) is 15.6. The predicted octanol–water partition coefficient (Wildman–Crippen LogP) is -0.894. The van der Waals surface area contributed by atoms with Crippen LogP contribution >= 0.6 is 0 Å². The van der Waals surface area contributed by atoms with E-state index in [0.717, 1.165) is 26.1 Å². The number of amides is 1. The van der Waals surface area contributed by atoms with Gasteiger partial charge in [-0.1, -0.05) is 0 Å². The minimum Gasteiger partial charge on any atom is -0.394 e. The van der Waals surface area contributed by atoms with Crippen LogP contribution in [0.5, 0.6) is 0 Å². The molecule has 0 aromatic rings. The Labute approximate surface area is 97.2 Å². The molecule has 1 aliphatic rings. The van der Waals surface area contributed by atoms with E-state index in [-0.39, 0.29) is 12.5 Å². The van der Waals surface area contributed by atoms with E-state index in [2.05, 4.69) is 11.9 Å². The van der Waals surface area contributed by atoms with Crippen LogP contribution in [0.15, 0.2) is 0 Å². The molecule has 0 radical (unpaired) electrons. The SMILES string of the molecule is CN1CCCC(CN(C)C(=O)C(N)CO)C1. The molecule has 0 aliphatic carbocycles. The average molecular weight is 229 g/mol. The van der Waals surface area contributed by atoms with Crippen molar-refractivity contribution in [3.63, 3.8) is 0 Å². The van der Waals surface area contributed by atoms with Crippen molar-refractivity contribution >= 4 is 5.91 Å². The number of likely N-dealkylation sites (N-methyl/N-ethyl adjacent to an activating group) is 1. The first-order chi connectivity index (χ1) is 7.54. The molecule has 1 amide bonds. The maximum absolute atomic E-state index is 11.7. The zero-order chi connectivity index (χ0) is 12.1. The number of rotatable bonds is 4. The van der Waals surface area contributed by atoms with Gasteiger partial charge in [-0.05, 0) is 32.4 Å². The standard InChI is InChI=1S/C11H23N3O2/c1-13-5-3-4-9(6-13)7-14(2)11(16)10(12)8-15/h9-10,15H,3-8,12H2,1-2H3. The smallest absolute Gasteiger partial charge is 0.241 e. The van der Waals surface area contributed by atoms with Gasteiger partial charge in [-0.15, -0.1) is 0 Å². The highest BCUT2D eigenvalue weighted by Gasteiger charge is 2.23. The van der Waals surface area contributed by atoms with Crippen LogP contribution in [0.3, 0.4) is 0 Å². The van der Waals surface area contributed by atoms with Crippen LogP contribution in [0.2, 0.25) is 0 Å². The van der Waals surface area contributed by atoms with Gasteiger partial charge in [0.1, 0.15) is 6.04 Å². The summed E-state index contributed by atoms with van der Waals surface area (Å²) in [5, 5.41) is 8.82. The normalized spacial score (nSPS) is 24.1. The first-order valence-electron chi connectivity index (χ1n) is 5.84. The van der Waals surface area contributed by atoms with Crippen molar-refractivity contribution in [3.8, 4) is 0 Å². The van der Waals surface area contributed by atoms with Crippen LogP contribution < -0.4 is 5.73 Å². The van der Waals surface area contributed by atoms with E-state index < -0.39 is 6.04 Å². The van der Waals surface area contributed by atoms with Gasteiger partial charge in [-0.3, -0.25) is 4.79 Å². The number of hydrogen-bond donors (Lipinski definition) is 2. The molecule has 0 aromatic heterocycles. The summed E-state index contributed by atoms with van der Waals surface area (Å²) in [6.45, 7) is 2.63. The summed E-state index contributed by atoms with van der Waals surface area (Å²) in [5.41, 5.74) is 5.50. The lowest BCUT2D eigenvalue weighted by molar-refractivity contribution is -0.132. The monoisotopic (exact) mass is 229 g/mol. The fourth-order valence-corrected chi connectivity index (χ4v) is 2.26. The van der Waals surface area contributed by atoms with E-state index in [0.29, 0.717) is 5.92 Å². The molecule has 1 rings (SSSR count). The number of nitrogens with two attached hydrogens (primary N) is 1. The minimum absolute atomic E-state index is 0.171. The van der Waals surface area contributed by atoms with Crippen LogP contribution in [0.4, 0.5) is 0 Å². The maximum atomic E-state index is 11.7. The molecule has 0 saturated carbocycles. The molecule has 1 aliphatic heterocycles.